The van der Waals surface area contributed by atoms with E-state index in [4.69, 9.17) is 4.74 Å². The van der Waals surface area contributed by atoms with Crippen molar-refractivity contribution in [2.24, 2.45) is 0 Å². The minimum Gasteiger partial charge on any atom is -0.497 e. The van der Waals surface area contributed by atoms with Gasteiger partial charge < -0.3 is 15.0 Å². The van der Waals surface area contributed by atoms with Crippen molar-refractivity contribution in [3.63, 3.8) is 0 Å². The van der Waals surface area contributed by atoms with Crippen molar-refractivity contribution in [3.8, 4) is 5.75 Å². The monoisotopic (exact) mass is 653 g/mol. The number of hydrogen-bond donors (Lipinski definition) is 1. The normalized spacial score (nSPS) is 14.2. The number of rotatable bonds is 13. The SMILES string of the molecule is COc1ccc(S(=O)(=O)N(CC(=O)N(Cc2ccccc2C)[C@H](Cc2ccccc2)C(=O)NC2CCCCC2)c2ccccc2)cc1. The molecule has 47 heavy (non-hydrogen) atoms. The van der Waals surface area contributed by atoms with Crippen molar-refractivity contribution in [1.82, 2.24) is 10.2 Å². The van der Waals surface area contributed by atoms with E-state index < -0.39 is 28.5 Å². The van der Waals surface area contributed by atoms with Crippen LogP contribution >= 0.6 is 0 Å². The fourth-order valence-corrected chi connectivity index (χ4v) is 7.48. The first-order valence-electron chi connectivity index (χ1n) is 16.2. The van der Waals surface area contributed by atoms with Crippen molar-refractivity contribution >= 4 is 27.5 Å². The average molecular weight is 654 g/mol. The van der Waals surface area contributed by atoms with Gasteiger partial charge >= 0.3 is 0 Å². The second-order valence-electron chi connectivity index (χ2n) is 12.0. The van der Waals surface area contributed by atoms with E-state index in [-0.39, 0.29) is 29.8 Å². The minimum atomic E-state index is -4.19. The van der Waals surface area contributed by atoms with E-state index in [1.807, 2.05) is 61.5 Å². The molecule has 0 unspecified atom stereocenters. The van der Waals surface area contributed by atoms with E-state index in [0.717, 1.165) is 53.1 Å². The number of carbonyl (C=O) groups is 2. The van der Waals surface area contributed by atoms with Gasteiger partial charge in [-0.05, 0) is 72.9 Å². The Hall–Kier alpha value is -4.63. The lowest BCUT2D eigenvalue weighted by Crippen LogP contribution is -2.55. The van der Waals surface area contributed by atoms with Crippen molar-refractivity contribution in [2.75, 3.05) is 18.0 Å². The molecule has 1 aliphatic carbocycles. The Morgan fingerprint density at radius 1 is 0.830 bits per heavy atom. The van der Waals surface area contributed by atoms with E-state index in [9.17, 15) is 18.0 Å². The second-order valence-corrected chi connectivity index (χ2v) is 13.9. The number of methoxy groups -OCH3 is 1. The van der Waals surface area contributed by atoms with Crippen LogP contribution in [-0.4, -0.2) is 50.9 Å². The molecule has 1 N–H and O–H groups in total. The molecule has 8 nitrogen and oxygen atoms in total. The van der Waals surface area contributed by atoms with Gasteiger partial charge in [0.1, 0.15) is 18.3 Å². The molecule has 0 aromatic heterocycles. The number of anilines is 1. The number of sulfonamides is 1. The Bertz CT molecular complexity index is 1720. The molecule has 2 amide bonds. The predicted octanol–water partition coefficient (Wildman–Crippen LogP) is 6.29. The first-order valence-corrected chi connectivity index (χ1v) is 17.6. The number of ether oxygens (including phenoxy) is 1. The summed E-state index contributed by atoms with van der Waals surface area (Å²) in [5, 5.41) is 3.25. The number of nitrogens with zero attached hydrogens (tertiary/aromatic N) is 2. The van der Waals surface area contributed by atoms with Crippen molar-refractivity contribution in [3.05, 3.63) is 126 Å². The Balaban J connectivity index is 1.55. The lowest BCUT2D eigenvalue weighted by molar-refractivity contribution is -0.140. The van der Waals surface area contributed by atoms with E-state index in [2.05, 4.69) is 5.32 Å². The fraction of sp³-hybridized carbons (Fsp3) is 0.316. The summed E-state index contributed by atoms with van der Waals surface area (Å²) in [6.45, 7) is 1.62. The van der Waals surface area contributed by atoms with Gasteiger partial charge in [-0.2, -0.15) is 0 Å². The fourth-order valence-electron chi connectivity index (χ4n) is 6.07. The molecular formula is C38H43N3O5S. The molecule has 0 bridgehead atoms. The molecule has 5 rings (SSSR count). The van der Waals surface area contributed by atoms with Gasteiger partial charge in [-0.1, -0.05) is 92.1 Å². The van der Waals surface area contributed by atoms with Crippen molar-refractivity contribution in [2.45, 2.75) is 69.0 Å². The van der Waals surface area contributed by atoms with Crippen LogP contribution in [0.3, 0.4) is 0 Å². The minimum absolute atomic E-state index is 0.0243. The molecular weight excluding hydrogens is 611 g/mol. The molecule has 246 valence electrons. The van der Waals surface area contributed by atoms with Crippen molar-refractivity contribution in [1.29, 1.82) is 0 Å². The van der Waals surface area contributed by atoms with Gasteiger partial charge in [0, 0.05) is 19.0 Å². The van der Waals surface area contributed by atoms with E-state index in [1.54, 1.807) is 47.4 Å². The van der Waals surface area contributed by atoms with Crippen LogP contribution in [-0.2, 0) is 32.6 Å². The maximum Gasteiger partial charge on any atom is 0.264 e. The quantitative estimate of drug-likeness (QED) is 0.183. The largest absolute Gasteiger partial charge is 0.497 e. The number of nitrogens with one attached hydrogen (secondary N) is 1. The highest BCUT2D eigenvalue weighted by Gasteiger charge is 2.35. The van der Waals surface area contributed by atoms with Gasteiger partial charge in [-0.25, -0.2) is 8.42 Å². The number of hydrogen-bond acceptors (Lipinski definition) is 5. The van der Waals surface area contributed by atoms with Crippen LogP contribution in [0.1, 0.15) is 48.8 Å². The summed E-state index contributed by atoms with van der Waals surface area (Å²) in [6, 6.07) is 31.2. The Morgan fingerprint density at radius 3 is 2.09 bits per heavy atom. The maximum absolute atomic E-state index is 14.7. The van der Waals surface area contributed by atoms with Gasteiger partial charge in [-0.3, -0.25) is 13.9 Å². The lowest BCUT2D eigenvalue weighted by Gasteiger charge is -2.35. The van der Waals surface area contributed by atoms with E-state index >= 15 is 0 Å². The molecule has 1 fully saturated rings. The van der Waals surface area contributed by atoms with E-state index in [0.29, 0.717) is 11.4 Å². The summed E-state index contributed by atoms with van der Waals surface area (Å²) in [4.78, 5) is 30.5. The third kappa shape index (κ3) is 8.60. The molecule has 4 aromatic carbocycles. The number of carbonyl (C=O) groups excluding carboxylic acids is 2. The Labute approximate surface area is 278 Å². The summed E-state index contributed by atoms with van der Waals surface area (Å²) in [6.07, 6.45) is 5.34. The highest BCUT2D eigenvalue weighted by atomic mass is 32.2. The maximum atomic E-state index is 14.7. The molecule has 1 aliphatic rings. The predicted molar refractivity (Wildman–Crippen MR) is 185 cm³/mol. The molecule has 0 radical (unpaired) electrons. The lowest BCUT2D eigenvalue weighted by atomic mass is 9.94. The average Bonchev–Trinajstić information content (AvgIpc) is 3.10. The van der Waals surface area contributed by atoms with Crippen molar-refractivity contribution < 1.29 is 22.7 Å². The first-order chi connectivity index (χ1) is 22.8. The standard InChI is InChI=1S/C38H43N3O5S/c1-29-14-12-13-17-31(29)27-40(36(26-30-15-6-3-7-16-30)38(43)39-32-18-8-4-9-19-32)37(42)28-41(33-20-10-5-11-21-33)47(44,45)35-24-22-34(46-2)23-25-35/h3,5-7,10-17,20-25,32,36H,4,8-9,18-19,26-28H2,1-2H3,(H,39,43)/t36-/m1/s1. The van der Waals surface area contributed by atoms with Crippen LogP contribution in [0.2, 0.25) is 0 Å². The highest BCUT2D eigenvalue weighted by molar-refractivity contribution is 7.92. The van der Waals surface area contributed by atoms with Crippen LogP contribution in [0.4, 0.5) is 5.69 Å². The summed E-state index contributed by atoms with van der Waals surface area (Å²) in [7, 11) is -2.67. The van der Waals surface area contributed by atoms with Crippen LogP contribution in [0.25, 0.3) is 0 Å². The molecule has 1 saturated carbocycles. The molecule has 0 aliphatic heterocycles. The zero-order valence-corrected chi connectivity index (χ0v) is 27.9. The summed E-state index contributed by atoms with van der Waals surface area (Å²) in [5.74, 6) is -0.190. The Morgan fingerprint density at radius 2 is 1.45 bits per heavy atom. The van der Waals surface area contributed by atoms with Crippen LogP contribution < -0.4 is 14.4 Å². The zero-order valence-electron chi connectivity index (χ0n) is 27.0. The summed E-state index contributed by atoms with van der Waals surface area (Å²) in [5.41, 5.74) is 3.11. The summed E-state index contributed by atoms with van der Waals surface area (Å²) < 4.78 is 34.8. The molecule has 0 heterocycles. The summed E-state index contributed by atoms with van der Waals surface area (Å²) >= 11 is 0. The molecule has 0 spiro atoms. The smallest absolute Gasteiger partial charge is 0.264 e. The van der Waals surface area contributed by atoms with Crippen LogP contribution in [0.15, 0.2) is 114 Å². The highest BCUT2D eigenvalue weighted by Crippen LogP contribution is 2.27. The van der Waals surface area contributed by atoms with Crippen LogP contribution in [0.5, 0.6) is 5.75 Å². The third-order valence-electron chi connectivity index (χ3n) is 8.80. The van der Waals surface area contributed by atoms with Gasteiger partial charge in [0.15, 0.2) is 0 Å². The van der Waals surface area contributed by atoms with Gasteiger partial charge in [0.25, 0.3) is 10.0 Å². The van der Waals surface area contributed by atoms with Gasteiger partial charge in [0.2, 0.25) is 11.8 Å². The molecule has 9 heteroatoms. The first kappa shape index (κ1) is 33.7. The second kappa shape index (κ2) is 15.8. The van der Waals surface area contributed by atoms with E-state index in [1.165, 1.54) is 19.2 Å². The molecule has 4 aromatic rings. The number of amides is 2. The van der Waals surface area contributed by atoms with Gasteiger partial charge in [0.05, 0.1) is 17.7 Å². The number of aryl methyl sites for hydroxylation is 1. The molecule has 0 saturated heterocycles. The molecule has 1 atom stereocenters. The van der Waals surface area contributed by atoms with Gasteiger partial charge in [-0.15, -0.1) is 0 Å². The van der Waals surface area contributed by atoms with Crippen LogP contribution in [0, 0.1) is 6.92 Å². The topological polar surface area (TPSA) is 96.0 Å². The number of para-hydroxylation sites is 1. The third-order valence-corrected chi connectivity index (χ3v) is 10.6. The number of benzene rings is 4. The zero-order chi connectivity index (χ0) is 33.2. The Kier molecular flexibility index (Phi) is 11.3.